The van der Waals surface area contributed by atoms with Gasteiger partial charge in [0.25, 0.3) is 0 Å². The molecular weight excluding hydrogens is 238 g/mol. The molecule has 0 saturated carbocycles. The Morgan fingerprint density at radius 2 is 2.00 bits per heavy atom. The molecule has 0 bridgehead atoms. The molecule has 19 heavy (non-hydrogen) atoms. The van der Waals surface area contributed by atoms with Crippen molar-refractivity contribution in [2.45, 2.75) is 32.9 Å². The number of benzene rings is 1. The minimum atomic E-state index is -0.0358. The third-order valence-corrected chi connectivity index (χ3v) is 2.83. The predicted octanol–water partition coefficient (Wildman–Crippen LogP) is 2.84. The minimum Gasteiger partial charge on any atom is -0.467 e. The first-order valence-corrected chi connectivity index (χ1v) is 6.62. The molecule has 2 rings (SSSR count). The summed E-state index contributed by atoms with van der Waals surface area (Å²) in [6.07, 6.45) is -0.0358. The van der Waals surface area contributed by atoms with E-state index in [1.165, 1.54) is 0 Å². The molecule has 0 radical (unpaired) electrons. The summed E-state index contributed by atoms with van der Waals surface area (Å²) in [7, 11) is 0. The number of nitrogens with zero attached hydrogens (tertiary/aromatic N) is 1. The molecule has 0 saturated heterocycles. The summed E-state index contributed by atoms with van der Waals surface area (Å²) >= 11 is 0. The minimum absolute atomic E-state index is 0.0358. The molecule has 0 amide bonds. The van der Waals surface area contributed by atoms with Crippen LogP contribution >= 0.6 is 0 Å². The van der Waals surface area contributed by atoms with Gasteiger partial charge >= 0.3 is 0 Å². The Kier molecular flexibility index (Phi) is 4.58. The summed E-state index contributed by atoms with van der Waals surface area (Å²) in [4.78, 5) is 0. The Morgan fingerprint density at radius 1 is 1.26 bits per heavy atom. The Labute approximate surface area is 114 Å². The molecule has 0 aliphatic carbocycles. The van der Waals surface area contributed by atoms with Crippen LogP contribution in [0.5, 0.6) is 5.88 Å². The zero-order valence-electron chi connectivity index (χ0n) is 11.7. The van der Waals surface area contributed by atoms with E-state index in [4.69, 9.17) is 4.74 Å². The molecule has 102 valence electrons. The third kappa shape index (κ3) is 4.10. The quantitative estimate of drug-likeness (QED) is 0.838. The number of hydrogen-bond acceptors (Lipinski definition) is 3. The SMILES string of the molecule is Cc1cc(OC(CNC(C)C)c2ccccc2)n[nH]1. The van der Waals surface area contributed by atoms with E-state index in [1.54, 1.807) is 0 Å². The predicted molar refractivity (Wildman–Crippen MR) is 76.3 cm³/mol. The Balaban J connectivity index is 2.10. The molecule has 0 aliphatic rings. The molecule has 1 atom stereocenters. The molecule has 4 nitrogen and oxygen atoms in total. The van der Waals surface area contributed by atoms with Gasteiger partial charge in [0.15, 0.2) is 0 Å². The van der Waals surface area contributed by atoms with Gasteiger partial charge in [-0.2, -0.15) is 0 Å². The number of rotatable bonds is 6. The lowest BCUT2D eigenvalue weighted by Gasteiger charge is -2.20. The monoisotopic (exact) mass is 259 g/mol. The van der Waals surface area contributed by atoms with Gasteiger partial charge in [-0.1, -0.05) is 44.2 Å². The van der Waals surface area contributed by atoms with Crippen molar-refractivity contribution in [1.82, 2.24) is 15.5 Å². The first-order chi connectivity index (χ1) is 9.15. The van der Waals surface area contributed by atoms with Crippen LogP contribution in [0.25, 0.3) is 0 Å². The first kappa shape index (κ1) is 13.6. The molecule has 0 aliphatic heterocycles. The largest absolute Gasteiger partial charge is 0.467 e. The maximum absolute atomic E-state index is 5.97. The van der Waals surface area contributed by atoms with Gasteiger partial charge in [0.2, 0.25) is 5.88 Å². The van der Waals surface area contributed by atoms with E-state index in [0.717, 1.165) is 17.8 Å². The zero-order chi connectivity index (χ0) is 13.7. The van der Waals surface area contributed by atoms with E-state index in [2.05, 4.69) is 41.5 Å². The van der Waals surface area contributed by atoms with Crippen LogP contribution in [0.3, 0.4) is 0 Å². The van der Waals surface area contributed by atoms with Gasteiger partial charge in [0.1, 0.15) is 6.10 Å². The van der Waals surface area contributed by atoms with Crippen LogP contribution in [-0.2, 0) is 0 Å². The number of hydrogen-bond donors (Lipinski definition) is 2. The molecule has 1 heterocycles. The maximum atomic E-state index is 5.97. The normalized spacial score (nSPS) is 12.6. The first-order valence-electron chi connectivity index (χ1n) is 6.62. The van der Waals surface area contributed by atoms with Crippen LogP contribution in [-0.4, -0.2) is 22.8 Å². The van der Waals surface area contributed by atoms with E-state index in [1.807, 2.05) is 31.2 Å². The van der Waals surface area contributed by atoms with Crippen LogP contribution in [0.2, 0.25) is 0 Å². The average Bonchev–Trinajstić information content (AvgIpc) is 2.81. The second kappa shape index (κ2) is 6.38. The number of ether oxygens (including phenoxy) is 1. The maximum Gasteiger partial charge on any atom is 0.233 e. The Hall–Kier alpha value is -1.81. The Bertz CT molecular complexity index is 493. The fourth-order valence-electron chi connectivity index (χ4n) is 1.84. The third-order valence-electron chi connectivity index (χ3n) is 2.83. The highest BCUT2D eigenvalue weighted by atomic mass is 16.5. The van der Waals surface area contributed by atoms with Crippen LogP contribution in [0.4, 0.5) is 0 Å². The van der Waals surface area contributed by atoms with Gasteiger partial charge in [-0.3, -0.25) is 5.10 Å². The second-order valence-corrected chi connectivity index (χ2v) is 4.97. The highest BCUT2D eigenvalue weighted by Crippen LogP contribution is 2.20. The van der Waals surface area contributed by atoms with Gasteiger partial charge in [-0.15, -0.1) is 5.10 Å². The van der Waals surface area contributed by atoms with Gasteiger partial charge in [-0.05, 0) is 12.5 Å². The molecular formula is C15H21N3O. The highest BCUT2D eigenvalue weighted by Gasteiger charge is 2.14. The van der Waals surface area contributed by atoms with Crippen molar-refractivity contribution in [1.29, 1.82) is 0 Å². The second-order valence-electron chi connectivity index (χ2n) is 4.97. The summed E-state index contributed by atoms with van der Waals surface area (Å²) < 4.78 is 5.97. The number of aryl methyl sites for hydroxylation is 1. The fraction of sp³-hybridized carbons (Fsp3) is 0.400. The molecule has 0 spiro atoms. The van der Waals surface area contributed by atoms with Crippen molar-refractivity contribution in [3.8, 4) is 5.88 Å². The molecule has 1 aromatic heterocycles. The van der Waals surface area contributed by atoms with Crippen molar-refractivity contribution in [2.24, 2.45) is 0 Å². The van der Waals surface area contributed by atoms with E-state index >= 15 is 0 Å². The summed E-state index contributed by atoms with van der Waals surface area (Å²) in [5, 5.41) is 10.4. The molecule has 1 unspecified atom stereocenters. The van der Waals surface area contributed by atoms with Crippen LogP contribution < -0.4 is 10.1 Å². The lowest BCUT2D eigenvalue weighted by Crippen LogP contribution is -2.30. The van der Waals surface area contributed by atoms with Crippen molar-refractivity contribution in [3.05, 3.63) is 47.7 Å². The van der Waals surface area contributed by atoms with Crippen molar-refractivity contribution < 1.29 is 4.74 Å². The summed E-state index contributed by atoms with van der Waals surface area (Å²) in [5.41, 5.74) is 2.15. The van der Waals surface area contributed by atoms with Crippen molar-refractivity contribution in [3.63, 3.8) is 0 Å². The summed E-state index contributed by atoms with van der Waals surface area (Å²) in [6.45, 7) is 6.97. The van der Waals surface area contributed by atoms with E-state index in [9.17, 15) is 0 Å². The Morgan fingerprint density at radius 3 is 2.58 bits per heavy atom. The number of aromatic nitrogens is 2. The van der Waals surface area contributed by atoms with Gasteiger partial charge in [0, 0.05) is 24.3 Å². The molecule has 1 aromatic carbocycles. The van der Waals surface area contributed by atoms with Crippen LogP contribution in [0, 0.1) is 6.92 Å². The fourth-order valence-corrected chi connectivity index (χ4v) is 1.84. The van der Waals surface area contributed by atoms with E-state index in [0.29, 0.717) is 11.9 Å². The highest BCUT2D eigenvalue weighted by molar-refractivity contribution is 5.21. The number of nitrogens with one attached hydrogen (secondary N) is 2. The molecule has 4 heteroatoms. The van der Waals surface area contributed by atoms with Crippen LogP contribution in [0.15, 0.2) is 36.4 Å². The number of aromatic amines is 1. The van der Waals surface area contributed by atoms with Gasteiger partial charge in [0.05, 0.1) is 0 Å². The lowest BCUT2D eigenvalue weighted by atomic mass is 10.1. The molecule has 2 N–H and O–H groups in total. The summed E-state index contributed by atoms with van der Waals surface area (Å²) in [6, 6.07) is 12.5. The van der Waals surface area contributed by atoms with Gasteiger partial charge in [-0.25, -0.2) is 0 Å². The van der Waals surface area contributed by atoms with Gasteiger partial charge < -0.3 is 10.1 Å². The zero-order valence-corrected chi connectivity index (χ0v) is 11.7. The van der Waals surface area contributed by atoms with E-state index < -0.39 is 0 Å². The van der Waals surface area contributed by atoms with Crippen LogP contribution in [0.1, 0.15) is 31.2 Å². The average molecular weight is 259 g/mol. The topological polar surface area (TPSA) is 49.9 Å². The smallest absolute Gasteiger partial charge is 0.233 e. The van der Waals surface area contributed by atoms with Crippen molar-refractivity contribution >= 4 is 0 Å². The number of H-pyrrole nitrogens is 1. The molecule has 2 aromatic rings. The molecule has 0 fully saturated rings. The standard InChI is InChI=1S/C15H21N3O/c1-11(2)16-10-14(13-7-5-4-6-8-13)19-15-9-12(3)17-18-15/h4-9,11,14,16H,10H2,1-3H3,(H,17,18). The van der Waals surface area contributed by atoms with Crippen molar-refractivity contribution in [2.75, 3.05) is 6.54 Å². The van der Waals surface area contributed by atoms with E-state index in [-0.39, 0.29) is 6.10 Å². The lowest BCUT2D eigenvalue weighted by molar-refractivity contribution is 0.190. The summed E-state index contributed by atoms with van der Waals surface area (Å²) in [5.74, 6) is 0.636.